The molecule has 1 amide bonds. The Morgan fingerprint density at radius 2 is 2.08 bits per heavy atom. The predicted molar refractivity (Wildman–Crippen MR) is 104 cm³/mol. The number of benzene rings is 1. The molecule has 25 heavy (non-hydrogen) atoms. The van der Waals surface area contributed by atoms with Gasteiger partial charge in [-0.1, -0.05) is 19.1 Å². The number of hydrogen-bond acceptors (Lipinski definition) is 5. The highest BCUT2D eigenvalue weighted by molar-refractivity contribution is 5.85. The van der Waals surface area contributed by atoms with E-state index in [0.717, 1.165) is 44.2 Å². The first-order chi connectivity index (χ1) is 11.2. The number of carbonyl (C=O) groups excluding carboxylic acids is 1. The molecule has 1 aliphatic heterocycles. The van der Waals surface area contributed by atoms with Gasteiger partial charge in [-0.3, -0.25) is 9.69 Å². The molecule has 3 N–H and O–H groups in total. The van der Waals surface area contributed by atoms with E-state index in [4.69, 9.17) is 15.2 Å². The average molecular weight is 394 g/mol. The van der Waals surface area contributed by atoms with E-state index in [1.54, 1.807) is 0 Å². The van der Waals surface area contributed by atoms with Crippen LogP contribution in [-0.4, -0.2) is 56.3 Å². The molecule has 0 radical (unpaired) electrons. The Morgan fingerprint density at radius 1 is 1.36 bits per heavy atom. The zero-order valence-corrected chi connectivity index (χ0v) is 16.2. The third kappa shape index (κ3) is 8.74. The summed E-state index contributed by atoms with van der Waals surface area (Å²) < 4.78 is 11.1. The van der Waals surface area contributed by atoms with Gasteiger partial charge in [0, 0.05) is 26.2 Å². The lowest BCUT2D eigenvalue weighted by Crippen LogP contribution is -2.39. The summed E-state index contributed by atoms with van der Waals surface area (Å²) in [6.07, 6.45) is 0.635. The summed E-state index contributed by atoms with van der Waals surface area (Å²) in [5.74, 6) is 0.705. The molecule has 0 spiro atoms. The van der Waals surface area contributed by atoms with Crippen molar-refractivity contribution in [1.82, 2.24) is 10.2 Å². The molecular formula is C17H29Cl2N3O3. The number of rotatable bonds is 8. The van der Waals surface area contributed by atoms with Gasteiger partial charge in [-0.25, -0.2) is 0 Å². The lowest BCUT2D eigenvalue weighted by Gasteiger charge is -2.26. The summed E-state index contributed by atoms with van der Waals surface area (Å²) in [7, 11) is 0. The summed E-state index contributed by atoms with van der Waals surface area (Å²) in [5.41, 5.74) is 6.70. The van der Waals surface area contributed by atoms with E-state index < -0.39 is 6.04 Å². The highest BCUT2D eigenvalue weighted by atomic mass is 35.5. The van der Waals surface area contributed by atoms with Gasteiger partial charge in [0.15, 0.2) is 0 Å². The molecule has 0 bridgehead atoms. The van der Waals surface area contributed by atoms with Crippen LogP contribution in [0.3, 0.4) is 0 Å². The Morgan fingerprint density at radius 3 is 2.76 bits per heavy atom. The van der Waals surface area contributed by atoms with Crippen LogP contribution in [0.2, 0.25) is 0 Å². The summed E-state index contributed by atoms with van der Waals surface area (Å²) in [4.78, 5) is 14.0. The third-order valence-corrected chi connectivity index (χ3v) is 3.92. The van der Waals surface area contributed by atoms with E-state index in [-0.39, 0.29) is 30.7 Å². The fourth-order valence-electron chi connectivity index (χ4n) is 2.37. The SMILES string of the molecule is CC[C@H](N)C(=O)NCc1cccc(OCCN2CCOCC2)c1.Cl.Cl. The number of amides is 1. The van der Waals surface area contributed by atoms with Crippen molar-refractivity contribution in [2.24, 2.45) is 5.73 Å². The van der Waals surface area contributed by atoms with Gasteiger partial charge in [-0.2, -0.15) is 0 Å². The Labute approximate surface area is 162 Å². The van der Waals surface area contributed by atoms with Crippen molar-refractivity contribution in [1.29, 1.82) is 0 Å². The van der Waals surface area contributed by atoms with E-state index in [1.807, 2.05) is 31.2 Å². The highest BCUT2D eigenvalue weighted by Gasteiger charge is 2.11. The third-order valence-electron chi connectivity index (χ3n) is 3.92. The van der Waals surface area contributed by atoms with Crippen LogP contribution in [0, 0.1) is 0 Å². The Bertz CT molecular complexity index is 500. The molecule has 1 fully saturated rings. The fraction of sp³-hybridized carbons (Fsp3) is 0.588. The maximum absolute atomic E-state index is 11.7. The number of halogens is 2. The lowest BCUT2D eigenvalue weighted by atomic mass is 10.2. The monoisotopic (exact) mass is 393 g/mol. The molecule has 0 aromatic heterocycles. The van der Waals surface area contributed by atoms with Crippen molar-refractivity contribution in [2.75, 3.05) is 39.5 Å². The standard InChI is InChI=1S/C17H27N3O3.2ClH/c1-2-16(18)17(21)19-13-14-4-3-5-15(12-14)23-11-8-20-6-9-22-10-7-20;;/h3-5,12,16H,2,6-11,13,18H2,1H3,(H,19,21);2*1H/t16-;;/m0../s1. The first kappa shape index (κ1) is 23.9. The first-order valence-electron chi connectivity index (χ1n) is 8.24. The van der Waals surface area contributed by atoms with Crippen molar-refractivity contribution in [3.63, 3.8) is 0 Å². The number of nitrogens with two attached hydrogens (primary N) is 1. The van der Waals surface area contributed by atoms with Crippen molar-refractivity contribution in [2.45, 2.75) is 25.9 Å². The minimum Gasteiger partial charge on any atom is -0.492 e. The molecule has 6 nitrogen and oxygen atoms in total. The molecule has 0 aliphatic carbocycles. The molecule has 1 saturated heterocycles. The van der Waals surface area contributed by atoms with E-state index >= 15 is 0 Å². The molecule has 1 aromatic carbocycles. The second kappa shape index (κ2) is 13.2. The Hall–Kier alpha value is -1.05. The van der Waals surface area contributed by atoms with Crippen molar-refractivity contribution < 1.29 is 14.3 Å². The van der Waals surface area contributed by atoms with Crippen LogP contribution in [0.15, 0.2) is 24.3 Å². The summed E-state index contributed by atoms with van der Waals surface area (Å²) >= 11 is 0. The Balaban J connectivity index is 0.00000288. The highest BCUT2D eigenvalue weighted by Crippen LogP contribution is 2.13. The summed E-state index contributed by atoms with van der Waals surface area (Å²) in [6.45, 7) is 7.44. The number of hydrogen-bond donors (Lipinski definition) is 2. The van der Waals surface area contributed by atoms with Crippen LogP contribution in [0.25, 0.3) is 0 Å². The summed E-state index contributed by atoms with van der Waals surface area (Å²) in [6, 6.07) is 7.35. The van der Waals surface area contributed by atoms with Crippen LogP contribution in [0.5, 0.6) is 5.75 Å². The molecule has 2 rings (SSSR count). The van der Waals surface area contributed by atoms with Gasteiger partial charge in [0.25, 0.3) is 0 Å². The smallest absolute Gasteiger partial charge is 0.237 e. The maximum Gasteiger partial charge on any atom is 0.237 e. The zero-order chi connectivity index (χ0) is 16.5. The van der Waals surface area contributed by atoms with Gasteiger partial charge in [-0.15, -0.1) is 24.8 Å². The molecule has 0 unspecified atom stereocenters. The minimum absolute atomic E-state index is 0. The largest absolute Gasteiger partial charge is 0.492 e. The number of morpholine rings is 1. The van der Waals surface area contributed by atoms with Crippen LogP contribution in [0.4, 0.5) is 0 Å². The average Bonchev–Trinajstić information content (AvgIpc) is 2.60. The normalized spacial score (nSPS) is 15.4. The molecule has 8 heteroatoms. The van der Waals surface area contributed by atoms with Crippen LogP contribution < -0.4 is 15.8 Å². The number of nitrogens with one attached hydrogen (secondary N) is 1. The molecule has 1 aromatic rings. The lowest BCUT2D eigenvalue weighted by molar-refractivity contribution is -0.122. The number of nitrogens with zero attached hydrogens (tertiary/aromatic N) is 1. The number of ether oxygens (including phenoxy) is 2. The maximum atomic E-state index is 11.7. The second-order valence-electron chi connectivity index (χ2n) is 5.68. The second-order valence-corrected chi connectivity index (χ2v) is 5.68. The predicted octanol–water partition coefficient (Wildman–Crippen LogP) is 1.59. The molecular weight excluding hydrogens is 365 g/mol. The topological polar surface area (TPSA) is 76.8 Å². The quantitative estimate of drug-likeness (QED) is 0.701. The van der Waals surface area contributed by atoms with Gasteiger partial charge < -0.3 is 20.5 Å². The number of carbonyl (C=O) groups is 1. The van der Waals surface area contributed by atoms with Crippen molar-refractivity contribution in [3.05, 3.63) is 29.8 Å². The van der Waals surface area contributed by atoms with Gasteiger partial charge in [-0.05, 0) is 24.1 Å². The molecule has 1 aliphatic rings. The zero-order valence-electron chi connectivity index (χ0n) is 14.6. The van der Waals surface area contributed by atoms with E-state index in [9.17, 15) is 4.79 Å². The molecule has 1 heterocycles. The van der Waals surface area contributed by atoms with Gasteiger partial charge in [0.05, 0.1) is 19.3 Å². The molecule has 0 saturated carbocycles. The Kier molecular flexibility index (Phi) is 12.6. The first-order valence-corrected chi connectivity index (χ1v) is 8.24. The summed E-state index contributed by atoms with van der Waals surface area (Å²) in [5, 5.41) is 2.84. The van der Waals surface area contributed by atoms with E-state index in [1.165, 1.54) is 0 Å². The van der Waals surface area contributed by atoms with E-state index in [2.05, 4.69) is 10.2 Å². The fourth-order valence-corrected chi connectivity index (χ4v) is 2.37. The van der Waals surface area contributed by atoms with Gasteiger partial charge in [0.2, 0.25) is 5.91 Å². The minimum atomic E-state index is -0.442. The molecule has 1 atom stereocenters. The van der Waals surface area contributed by atoms with Crippen LogP contribution >= 0.6 is 24.8 Å². The van der Waals surface area contributed by atoms with Gasteiger partial charge >= 0.3 is 0 Å². The van der Waals surface area contributed by atoms with Crippen molar-refractivity contribution >= 4 is 30.7 Å². The van der Waals surface area contributed by atoms with Crippen LogP contribution in [0.1, 0.15) is 18.9 Å². The van der Waals surface area contributed by atoms with E-state index in [0.29, 0.717) is 19.6 Å². The molecule has 144 valence electrons. The van der Waals surface area contributed by atoms with Crippen molar-refractivity contribution in [3.8, 4) is 5.75 Å². The van der Waals surface area contributed by atoms with Gasteiger partial charge in [0.1, 0.15) is 12.4 Å². The van der Waals surface area contributed by atoms with Crippen LogP contribution in [-0.2, 0) is 16.1 Å².